The highest BCUT2D eigenvalue weighted by molar-refractivity contribution is 7.98. The summed E-state index contributed by atoms with van der Waals surface area (Å²) >= 11 is 1.67. The molecule has 0 aliphatic heterocycles. The van der Waals surface area contributed by atoms with E-state index < -0.39 is 0 Å². The molecule has 3 aromatic rings. The number of aromatic amines is 1. The molecule has 1 aromatic heterocycles. The van der Waals surface area contributed by atoms with Crippen molar-refractivity contribution in [2.24, 2.45) is 0 Å². The Balaban J connectivity index is 1.76. The minimum Gasteiger partial charge on any atom is -0.493 e. The van der Waals surface area contributed by atoms with Crippen molar-refractivity contribution in [3.63, 3.8) is 0 Å². The molecule has 1 heterocycles. The normalized spacial score (nSPS) is 10.2. The molecule has 0 spiro atoms. The third-order valence-corrected chi connectivity index (χ3v) is 4.95. The zero-order valence-electron chi connectivity index (χ0n) is 16.2. The van der Waals surface area contributed by atoms with Gasteiger partial charge in [-0.15, -0.1) is 11.8 Å². The molecule has 0 radical (unpaired) electrons. The number of ether oxygens (including phenoxy) is 2. The van der Waals surface area contributed by atoms with Gasteiger partial charge in [-0.25, -0.2) is 4.85 Å². The number of H-pyrrole nitrogens is 1. The predicted molar refractivity (Wildman–Crippen MR) is 113 cm³/mol. The first-order chi connectivity index (χ1) is 14.2. The van der Waals surface area contributed by atoms with E-state index in [0.29, 0.717) is 42.2 Å². The summed E-state index contributed by atoms with van der Waals surface area (Å²) in [5.74, 6) is 1.89. The van der Waals surface area contributed by atoms with Gasteiger partial charge >= 0.3 is 0 Å². The summed E-state index contributed by atoms with van der Waals surface area (Å²) in [5.41, 5.74) is 2.35. The predicted octanol–water partition coefficient (Wildman–Crippen LogP) is 5.53. The third-order valence-electron chi connectivity index (χ3n) is 4.23. The van der Waals surface area contributed by atoms with Crippen molar-refractivity contribution in [1.29, 1.82) is 5.26 Å². The summed E-state index contributed by atoms with van der Waals surface area (Å²) in [6.45, 7) is 9.66. The van der Waals surface area contributed by atoms with E-state index in [1.165, 1.54) is 6.07 Å². The Bertz CT molecular complexity index is 1050. The van der Waals surface area contributed by atoms with Crippen LogP contribution in [0, 0.1) is 17.9 Å². The molecule has 0 fully saturated rings. The summed E-state index contributed by atoms with van der Waals surface area (Å²) in [4.78, 5) is 4.55. The highest BCUT2D eigenvalue weighted by Gasteiger charge is 2.15. The van der Waals surface area contributed by atoms with Gasteiger partial charge in [-0.1, -0.05) is 13.0 Å². The molecule has 0 aliphatic carbocycles. The highest BCUT2D eigenvalue weighted by Crippen LogP contribution is 2.32. The van der Waals surface area contributed by atoms with E-state index in [-0.39, 0.29) is 0 Å². The maximum absolute atomic E-state index is 9.18. The van der Waals surface area contributed by atoms with E-state index in [9.17, 15) is 5.26 Å². The van der Waals surface area contributed by atoms with Crippen molar-refractivity contribution in [3.05, 3.63) is 70.8 Å². The van der Waals surface area contributed by atoms with Crippen molar-refractivity contribution < 1.29 is 9.47 Å². The summed E-state index contributed by atoms with van der Waals surface area (Å²) in [6, 6.07) is 14.8. The molecule has 7 heteroatoms. The summed E-state index contributed by atoms with van der Waals surface area (Å²) in [7, 11) is 0. The molecule has 0 saturated heterocycles. The zero-order chi connectivity index (χ0) is 20.6. The molecule has 146 valence electrons. The smallest absolute Gasteiger partial charge is 0.192 e. The van der Waals surface area contributed by atoms with E-state index in [4.69, 9.17) is 16.0 Å². The van der Waals surface area contributed by atoms with Crippen LogP contribution in [-0.2, 0) is 12.8 Å². The van der Waals surface area contributed by atoms with Gasteiger partial charge < -0.3 is 9.47 Å². The Hall–Kier alpha value is -3.42. The molecule has 0 saturated carbocycles. The zero-order valence-corrected chi connectivity index (χ0v) is 17.0. The van der Waals surface area contributed by atoms with Gasteiger partial charge in [0.05, 0.1) is 24.9 Å². The summed E-state index contributed by atoms with van der Waals surface area (Å²) in [5, 5.41) is 16.5. The van der Waals surface area contributed by atoms with Gasteiger partial charge in [0.15, 0.2) is 11.4 Å². The molecule has 0 unspecified atom stereocenters. The van der Waals surface area contributed by atoms with Crippen molar-refractivity contribution in [1.82, 2.24) is 10.2 Å². The maximum atomic E-state index is 9.18. The fourth-order valence-corrected chi connectivity index (χ4v) is 3.24. The number of rotatable bonds is 8. The Morgan fingerprint density at radius 3 is 2.83 bits per heavy atom. The maximum Gasteiger partial charge on any atom is 0.192 e. The molecule has 6 nitrogen and oxygen atoms in total. The average Bonchev–Trinajstić information content (AvgIpc) is 3.14. The van der Waals surface area contributed by atoms with Gasteiger partial charge in [0, 0.05) is 16.9 Å². The molecule has 29 heavy (non-hydrogen) atoms. The second-order valence-corrected chi connectivity index (χ2v) is 7.03. The van der Waals surface area contributed by atoms with E-state index >= 15 is 0 Å². The Kier molecular flexibility index (Phi) is 6.78. The molecule has 0 amide bonds. The molecule has 0 atom stereocenters. The molecule has 2 aromatic carbocycles. The topological polar surface area (TPSA) is 75.3 Å². The molecule has 3 rings (SSSR count). The van der Waals surface area contributed by atoms with Crippen LogP contribution >= 0.6 is 11.8 Å². The van der Waals surface area contributed by atoms with Crippen LogP contribution in [-0.4, -0.2) is 23.1 Å². The van der Waals surface area contributed by atoms with Crippen LogP contribution in [0.1, 0.15) is 23.9 Å². The van der Waals surface area contributed by atoms with Crippen molar-refractivity contribution in [2.75, 3.05) is 12.9 Å². The Labute approximate surface area is 174 Å². The van der Waals surface area contributed by atoms with E-state index in [2.05, 4.69) is 21.1 Å². The first-order valence-corrected chi connectivity index (χ1v) is 10.3. The van der Waals surface area contributed by atoms with Gasteiger partial charge in [-0.2, -0.15) is 10.4 Å². The van der Waals surface area contributed by atoms with Crippen LogP contribution < -0.4 is 9.47 Å². The second-order valence-electron chi connectivity index (χ2n) is 6.15. The average molecular weight is 404 g/mol. The van der Waals surface area contributed by atoms with Gasteiger partial charge in [0.2, 0.25) is 0 Å². The van der Waals surface area contributed by atoms with Crippen LogP contribution in [0.15, 0.2) is 47.4 Å². The number of aryl methyl sites for hydroxylation is 1. The van der Waals surface area contributed by atoms with Crippen molar-refractivity contribution in [3.8, 4) is 23.3 Å². The van der Waals surface area contributed by atoms with Gasteiger partial charge in [-0.05, 0) is 49.1 Å². The molecular weight excluding hydrogens is 384 g/mol. The molecular formula is C22H20N4O2S. The number of nitrogens with one attached hydrogen (secondary N) is 1. The number of hydrogen-bond donors (Lipinski definition) is 1. The SMILES string of the molecule is [C-]#[N+]c1cc(C#N)cc(Oc2c(CC)n[nH]c2CCOc2cccc(SC)c2)c1. The van der Waals surface area contributed by atoms with Crippen molar-refractivity contribution >= 4 is 17.4 Å². The van der Waals surface area contributed by atoms with Crippen LogP contribution in [0.2, 0.25) is 0 Å². The van der Waals surface area contributed by atoms with Crippen molar-refractivity contribution in [2.45, 2.75) is 24.7 Å². The number of nitrogens with zero attached hydrogens (tertiary/aromatic N) is 3. The lowest BCUT2D eigenvalue weighted by Gasteiger charge is -2.10. The lowest BCUT2D eigenvalue weighted by molar-refractivity contribution is 0.317. The molecule has 0 bridgehead atoms. The largest absolute Gasteiger partial charge is 0.493 e. The number of hydrogen-bond acceptors (Lipinski definition) is 5. The fourth-order valence-electron chi connectivity index (χ4n) is 2.79. The van der Waals surface area contributed by atoms with Crippen LogP contribution in [0.25, 0.3) is 4.85 Å². The third kappa shape index (κ3) is 5.10. The number of thioether (sulfide) groups is 1. The lowest BCUT2D eigenvalue weighted by atomic mass is 10.2. The quantitative estimate of drug-likeness (QED) is 0.395. The van der Waals surface area contributed by atoms with Gasteiger partial charge in [-0.3, -0.25) is 5.10 Å². The van der Waals surface area contributed by atoms with E-state index in [1.807, 2.05) is 37.4 Å². The molecule has 0 aliphatic rings. The summed E-state index contributed by atoms with van der Waals surface area (Å²) < 4.78 is 11.9. The fraction of sp³-hybridized carbons (Fsp3) is 0.227. The highest BCUT2D eigenvalue weighted by atomic mass is 32.2. The minimum atomic E-state index is 0.360. The van der Waals surface area contributed by atoms with E-state index in [0.717, 1.165) is 22.0 Å². The minimum absolute atomic E-state index is 0.360. The summed E-state index contributed by atoms with van der Waals surface area (Å²) in [6.07, 6.45) is 3.30. The standard InChI is InChI=1S/C22H20N4O2S/c1-4-20-22(28-18-11-15(14-23)10-16(12-18)24-2)21(26-25-20)8-9-27-17-6-5-7-19(13-17)29-3/h5-7,10-13H,4,8-9H2,1,3H3,(H,25,26). The van der Waals surface area contributed by atoms with Gasteiger partial charge in [0.1, 0.15) is 17.2 Å². The van der Waals surface area contributed by atoms with Crippen LogP contribution in [0.4, 0.5) is 5.69 Å². The number of aromatic nitrogens is 2. The lowest BCUT2D eigenvalue weighted by Crippen LogP contribution is -2.03. The first-order valence-electron chi connectivity index (χ1n) is 9.10. The Morgan fingerprint density at radius 1 is 1.24 bits per heavy atom. The van der Waals surface area contributed by atoms with Crippen LogP contribution in [0.3, 0.4) is 0 Å². The van der Waals surface area contributed by atoms with Gasteiger partial charge in [0.25, 0.3) is 0 Å². The molecule has 1 N–H and O–H groups in total. The first kappa shape index (κ1) is 20.3. The Morgan fingerprint density at radius 2 is 2.10 bits per heavy atom. The van der Waals surface area contributed by atoms with Crippen LogP contribution in [0.5, 0.6) is 17.2 Å². The number of nitriles is 1. The number of benzene rings is 2. The second kappa shape index (κ2) is 9.68. The monoisotopic (exact) mass is 404 g/mol. The van der Waals surface area contributed by atoms with E-state index in [1.54, 1.807) is 23.9 Å².